The van der Waals surface area contributed by atoms with Gasteiger partial charge in [0.15, 0.2) is 0 Å². The van der Waals surface area contributed by atoms with Crippen molar-refractivity contribution in [2.75, 3.05) is 0 Å². The zero-order valence-corrected chi connectivity index (χ0v) is 12.3. The summed E-state index contributed by atoms with van der Waals surface area (Å²) >= 11 is 23.6. The molecule has 0 aliphatic heterocycles. The van der Waals surface area contributed by atoms with Crippen LogP contribution < -0.4 is 0 Å². The molecule has 0 bridgehead atoms. The van der Waals surface area contributed by atoms with Gasteiger partial charge in [-0.1, -0.05) is 52.5 Å². The first kappa shape index (κ1) is 14.4. The van der Waals surface area contributed by atoms with Crippen molar-refractivity contribution in [2.45, 2.75) is 0 Å². The van der Waals surface area contributed by atoms with Gasteiger partial charge in [0.2, 0.25) is 0 Å². The second-order valence-electron chi connectivity index (χ2n) is 3.50. The van der Waals surface area contributed by atoms with Crippen molar-refractivity contribution in [1.82, 2.24) is 0 Å². The molecular weight excluding hydrogens is 330 g/mol. The fourth-order valence-electron chi connectivity index (χ4n) is 1.28. The second-order valence-corrected chi connectivity index (χ2v) is 5.05. The van der Waals surface area contributed by atoms with E-state index in [0.29, 0.717) is 21.4 Å². The van der Waals surface area contributed by atoms with Crippen molar-refractivity contribution in [3.8, 4) is 5.75 Å². The van der Waals surface area contributed by atoms with Gasteiger partial charge in [-0.2, -0.15) is 0 Å². The van der Waals surface area contributed by atoms with Crippen LogP contribution in [0.2, 0.25) is 20.1 Å². The Balaban J connectivity index is 2.38. The molecule has 0 spiro atoms. The van der Waals surface area contributed by atoms with Crippen LogP contribution in [-0.4, -0.2) is 5.11 Å². The SMILES string of the molecule is Oc1ccc(/N=N/c2cccc(Cl)c2Cl)c(Cl)c1Cl. The minimum Gasteiger partial charge on any atom is -0.506 e. The number of rotatable bonds is 2. The maximum absolute atomic E-state index is 9.36. The van der Waals surface area contributed by atoms with Crippen molar-refractivity contribution >= 4 is 57.8 Å². The fourth-order valence-corrected chi connectivity index (χ4v) is 1.97. The second kappa shape index (κ2) is 5.97. The molecule has 0 aliphatic rings. The number of phenols is 1. The Labute approximate surface area is 129 Å². The van der Waals surface area contributed by atoms with Crippen molar-refractivity contribution in [1.29, 1.82) is 0 Å². The molecule has 0 saturated heterocycles. The Bertz CT molecular complexity index is 658. The number of hydrogen-bond donors (Lipinski definition) is 1. The first-order valence-electron chi connectivity index (χ1n) is 5.03. The van der Waals surface area contributed by atoms with Crippen LogP contribution in [0.25, 0.3) is 0 Å². The van der Waals surface area contributed by atoms with Crippen LogP contribution in [0.1, 0.15) is 0 Å². The Morgan fingerprint density at radius 2 is 1.37 bits per heavy atom. The van der Waals surface area contributed by atoms with Gasteiger partial charge in [0.25, 0.3) is 0 Å². The molecule has 0 atom stereocenters. The van der Waals surface area contributed by atoms with Gasteiger partial charge < -0.3 is 5.11 Å². The summed E-state index contributed by atoms with van der Waals surface area (Å²) in [5.41, 5.74) is 0.731. The molecule has 2 aromatic rings. The van der Waals surface area contributed by atoms with Crippen LogP contribution in [0, 0.1) is 0 Å². The summed E-state index contributed by atoms with van der Waals surface area (Å²) in [4.78, 5) is 0. The molecule has 2 aromatic carbocycles. The molecule has 0 fully saturated rings. The number of hydrogen-bond acceptors (Lipinski definition) is 3. The highest BCUT2D eigenvalue weighted by Gasteiger charge is 2.09. The van der Waals surface area contributed by atoms with Gasteiger partial charge in [-0.3, -0.25) is 0 Å². The van der Waals surface area contributed by atoms with Gasteiger partial charge in [-0.05, 0) is 24.3 Å². The van der Waals surface area contributed by atoms with Gasteiger partial charge >= 0.3 is 0 Å². The number of azo groups is 1. The predicted molar refractivity (Wildman–Crippen MR) is 78.8 cm³/mol. The van der Waals surface area contributed by atoms with Crippen LogP contribution >= 0.6 is 46.4 Å². The minimum atomic E-state index is -0.119. The molecule has 0 saturated carbocycles. The van der Waals surface area contributed by atoms with Crippen molar-refractivity contribution in [2.24, 2.45) is 10.2 Å². The number of phenolic OH excluding ortho intramolecular Hbond substituents is 1. The summed E-state index contributed by atoms with van der Waals surface area (Å²) in [5.74, 6) is -0.119. The molecule has 0 amide bonds. The average Bonchev–Trinajstić information content (AvgIpc) is 2.40. The summed E-state index contributed by atoms with van der Waals surface area (Å²) in [5, 5.41) is 18.1. The standard InChI is InChI=1S/C12H6Cl4N2O/c13-6-2-1-3-7(10(6)14)17-18-8-4-5-9(19)12(16)11(8)15/h1-5,19H/b18-17+. The van der Waals surface area contributed by atoms with E-state index in [-0.39, 0.29) is 15.8 Å². The van der Waals surface area contributed by atoms with Gasteiger partial charge in [-0.25, -0.2) is 0 Å². The third kappa shape index (κ3) is 3.12. The van der Waals surface area contributed by atoms with Gasteiger partial charge in [-0.15, -0.1) is 10.2 Å². The topological polar surface area (TPSA) is 45.0 Å². The first-order valence-corrected chi connectivity index (χ1v) is 6.54. The number of halogens is 4. The van der Waals surface area contributed by atoms with E-state index in [1.54, 1.807) is 18.2 Å². The van der Waals surface area contributed by atoms with E-state index < -0.39 is 0 Å². The average molecular weight is 336 g/mol. The van der Waals surface area contributed by atoms with Crippen LogP contribution in [0.4, 0.5) is 11.4 Å². The van der Waals surface area contributed by atoms with E-state index >= 15 is 0 Å². The highest BCUT2D eigenvalue weighted by Crippen LogP contribution is 2.39. The van der Waals surface area contributed by atoms with Gasteiger partial charge in [0.05, 0.1) is 15.1 Å². The highest BCUT2D eigenvalue weighted by molar-refractivity contribution is 6.44. The largest absolute Gasteiger partial charge is 0.506 e. The molecule has 0 aromatic heterocycles. The fraction of sp³-hybridized carbons (Fsp3) is 0. The van der Waals surface area contributed by atoms with E-state index in [9.17, 15) is 5.11 Å². The Kier molecular flexibility index (Phi) is 4.53. The lowest BCUT2D eigenvalue weighted by Crippen LogP contribution is -1.73. The third-order valence-corrected chi connectivity index (χ3v) is 3.91. The predicted octanol–water partition coefficient (Wildman–Crippen LogP) is 6.42. The summed E-state index contributed by atoms with van der Waals surface area (Å²) in [6.07, 6.45) is 0. The lowest BCUT2D eigenvalue weighted by atomic mass is 10.3. The summed E-state index contributed by atoms with van der Waals surface area (Å²) in [6, 6.07) is 7.88. The zero-order valence-electron chi connectivity index (χ0n) is 9.24. The summed E-state index contributed by atoms with van der Waals surface area (Å²) < 4.78 is 0. The third-order valence-electron chi connectivity index (χ3n) is 2.24. The quantitative estimate of drug-likeness (QED) is 0.632. The Hall–Kier alpha value is -1.000. The maximum Gasteiger partial charge on any atom is 0.135 e. The molecule has 0 radical (unpaired) electrons. The number of benzene rings is 2. The summed E-state index contributed by atoms with van der Waals surface area (Å²) in [7, 11) is 0. The Morgan fingerprint density at radius 1 is 0.737 bits per heavy atom. The zero-order chi connectivity index (χ0) is 14.0. The van der Waals surface area contributed by atoms with Crippen LogP contribution in [-0.2, 0) is 0 Å². The molecule has 3 nitrogen and oxygen atoms in total. The normalized spacial score (nSPS) is 11.2. The first-order chi connectivity index (χ1) is 9.00. The maximum atomic E-state index is 9.36. The van der Waals surface area contributed by atoms with Crippen LogP contribution in [0.15, 0.2) is 40.6 Å². The molecule has 0 unspecified atom stereocenters. The molecule has 7 heteroatoms. The minimum absolute atomic E-state index is 0.0234. The highest BCUT2D eigenvalue weighted by atomic mass is 35.5. The van der Waals surface area contributed by atoms with E-state index in [1.165, 1.54) is 12.1 Å². The van der Waals surface area contributed by atoms with Crippen LogP contribution in [0.5, 0.6) is 5.75 Å². The van der Waals surface area contributed by atoms with E-state index in [4.69, 9.17) is 46.4 Å². The lowest BCUT2D eigenvalue weighted by Gasteiger charge is -2.02. The Morgan fingerprint density at radius 3 is 2.05 bits per heavy atom. The van der Waals surface area contributed by atoms with Crippen molar-refractivity contribution in [3.63, 3.8) is 0 Å². The van der Waals surface area contributed by atoms with E-state index in [2.05, 4.69) is 10.2 Å². The number of nitrogens with zero attached hydrogens (tertiary/aromatic N) is 2. The smallest absolute Gasteiger partial charge is 0.135 e. The molecule has 1 N–H and O–H groups in total. The molecular formula is C12H6Cl4N2O. The molecule has 19 heavy (non-hydrogen) atoms. The lowest BCUT2D eigenvalue weighted by molar-refractivity contribution is 0.475. The molecule has 2 rings (SSSR count). The van der Waals surface area contributed by atoms with E-state index in [0.717, 1.165) is 0 Å². The van der Waals surface area contributed by atoms with Crippen LogP contribution in [0.3, 0.4) is 0 Å². The monoisotopic (exact) mass is 334 g/mol. The summed E-state index contributed by atoms with van der Waals surface area (Å²) in [6.45, 7) is 0. The van der Waals surface area contributed by atoms with Gasteiger partial charge in [0.1, 0.15) is 22.1 Å². The molecule has 0 aliphatic carbocycles. The van der Waals surface area contributed by atoms with Crippen molar-refractivity contribution < 1.29 is 5.11 Å². The van der Waals surface area contributed by atoms with Gasteiger partial charge in [0, 0.05) is 0 Å². The molecule has 98 valence electrons. The van der Waals surface area contributed by atoms with Crippen molar-refractivity contribution in [3.05, 3.63) is 50.4 Å². The molecule has 0 heterocycles. The van der Waals surface area contributed by atoms with E-state index in [1.807, 2.05) is 0 Å². The number of aromatic hydroxyl groups is 1.